The standard InChI is InChI=1S/C16H18FN3O2/c1-11(21)12-6-8-19(10-12)16(22)15-7-9-20(18-15)14-4-2-13(17)3-5-14/h2-5,7,9,11-12,21H,6,8,10H2,1H3. The summed E-state index contributed by atoms with van der Waals surface area (Å²) in [5.74, 6) is -0.319. The first-order valence-electron chi connectivity index (χ1n) is 7.33. The number of rotatable bonds is 3. The molecular weight excluding hydrogens is 285 g/mol. The minimum Gasteiger partial charge on any atom is -0.393 e. The van der Waals surface area contributed by atoms with E-state index in [1.54, 1.807) is 40.9 Å². The molecule has 2 unspecified atom stereocenters. The first-order chi connectivity index (χ1) is 10.5. The Morgan fingerprint density at radius 1 is 1.36 bits per heavy atom. The van der Waals surface area contributed by atoms with Crippen LogP contribution in [0.1, 0.15) is 23.8 Å². The van der Waals surface area contributed by atoms with Crippen LogP contribution in [0.25, 0.3) is 5.69 Å². The lowest BCUT2D eigenvalue weighted by atomic mass is 10.0. The number of aliphatic hydroxyl groups is 1. The van der Waals surface area contributed by atoms with Gasteiger partial charge in [0.2, 0.25) is 0 Å². The van der Waals surface area contributed by atoms with Gasteiger partial charge in [0.05, 0.1) is 11.8 Å². The van der Waals surface area contributed by atoms with E-state index in [0.717, 1.165) is 6.42 Å². The number of hydrogen-bond acceptors (Lipinski definition) is 3. The van der Waals surface area contributed by atoms with Crippen LogP contribution in [0.4, 0.5) is 4.39 Å². The zero-order valence-corrected chi connectivity index (χ0v) is 12.3. The number of aromatic nitrogens is 2. The van der Waals surface area contributed by atoms with Crippen molar-refractivity contribution in [3.05, 3.63) is 48.0 Å². The molecule has 5 nitrogen and oxygen atoms in total. The third kappa shape index (κ3) is 2.87. The second-order valence-corrected chi connectivity index (χ2v) is 5.66. The highest BCUT2D eigenvalue weighted by Crippen LogP contribution is 2.21. The van der Waals surface area contributed by atoms with Gasteiger partial charge in [-0.25, -0.2) is 9.07 Å². The predicted molar refractivity (Wildman–Crippen MR) is 79.2 cm³/mol. The summed E-state index contributed by atoms with van der Waals surface area (Å²) in [6.45, 7) is 2.94. The van der Waals surface area contributed by atoms with Gasteiger partial charge in [-0.2, -0.15) is 5.10 Å². The van der Waals surface area contributed by atoms with Gasteiger partial charge in [-0.1, -0.05) is 0 Å². The van der Waals surface area contributed by atoms with Crippen molar-refractivity contribution in [2.24, 2.45) is 5.92 Å². The average Bonchev–Trinajstić information content (AvgIpc) is 3.17. The minimum absolute atomic E-state index is 0.128. The maximum Gasteiger partial charge on any atom is 0.274 e. The summed E-state index contributed by atoms with van der Waals surface area (Å²) >= 11 is 0. The predicted octanol–water partition coefficient (Wildman–Crippen LogP) is 1.85. The molecule has 0 spiro atoms. The Kier molecular flexibility index (Phi) is 3.94. The van der Waals surface area contributed by atoms with Gasteiger partial charge in [-0.3, -0.25) is 4.79 Å². The highest BCUT2D eigenvalue weighted by molar-refractivity contribution is 5.92. The van der Waals surface area contributed by atoms with E-state index in [2.05, 4.69) is 5.10 Å². The van der Waals surface area contributed by atoms with E-state index in [0.29, 0.717) is 24.5 Å². The molecule has 2 aromatic rings. The molecule has 0 saturated carbocycles. The van der Waals surface area contributed by atoms with Crippen LogP contribution in [0, 0.1) is 11.7 Å². The highest BCUT2D eigenvalue weighted by Gasteiger charge is 2.30. The van der Waals surface area contributed by atoms with E-state index in [-0.39, 0.29) is 17.6 Å². The topological polar surface area (TPSA) is 58.4 Å². The third-order valence-corrected chi connectivity index (χ3v) is 4.09. The van der Waals surface area contributed by atoms with Crippen LogP contribution in [0.2, 0.25) is 0 Å². The van der Waals surface area contributed by atoms with Crippen molar-refractivity contribution in [2.45, 2.75) is 19.4 Å². The number of nitrogens with zero attached hydrogens (tertiary/aromatic N) is 3. The zero-order valence-electron chi connectivity index (χ0n) is 12.3. The van der Waals surface area contributed by atoms with E-state index in [9.17, 15) is 14.3 Å². The van der Waals surface area contributed by atoms with E-state index in [1.165, 1.54) is 12.1 Å². The second-order valence-electron chi connectivity index (χ2n) is 5.66. The number of aliphatic hydroxyl groups excluding tert-OH is 1. The molecule has 2 heterocycles. The van der Waals surface area contributed by atoms with E-state index >= 15 is 0 Å². The number of carbonyl (C=O) groups is 1. The molecule has 0 radical (unpaired) electrons. The summed E-state index contributed by atoms with van der Waals surface area (Å²) in [5.41, 5.74) is 1.05. The summed E-state index contributed by atoms with van der Waals surface area (Å²) in [4.78, 5) is 14.1. The average molecular weight is 303 g/mol. The number of hydrogen-bond donors (Lipinski definition) is 1. The van der Waals surface area contributed by atoms with Gasteiger partial charge < -0.3 is 10.0 Å². The number of carbonyl (C=O) groups excluding carboxylic acids is 1. The number of amides is 1. The largest absolute Gasteiger partial charge is 0.393 e. The number of likely N-dealkylation sites (tertiary alicyclic amines) is 1. The van der Waals surface area contributed by atoms with Crippen molar-refractivity contribution in [3.8, 4) is 5.69 Å². The molecule has 1 N–H and O–H groups in total. The number of benzene rings is 1. The third-order valence-electron chi connectivity index (χ3n) is 4.09. The van der Waals surface area contributed by atoms with Gasteiger partial charge in [0, 0.05) is 25.2 Å². The van der Waals surface area contributed by atoms with Crippen molar-refractivity contribution in [3.63, 3.8) is 0 Å². The summed E-state index contributed by atoms with van der Waals surface area (Å²) in [6, 6.07) is 7.58. The molecule has 1 amide bonds. The molecule has 0 aliphatic carbocycles. The highest BCUT2D eigenvalue weighted by atomic mass is 19.1. The van der Waals surface area contributed by atoms with Gasteiger partial charge in [0.15, 0.2) is 5.69 Å². The fraction of sp³-hybridized carbons (Fsp3) is 0.375. The normalized spacial score (nSPS) is 19.4. The molecule has 1 fully saturated rings. The van der Waals surface area contributed by atoms with Gasteiger partial charge in [-0.05, 0) is 43.7 Å². The molecule has 6 heteroatoms. The Bertz CT molecular complexity index is 666. The molecule has 22 heavy (non-hydrogen) atoms. The van der Waals surface area contributed by atoms with Gasteiger partial charge >= 0.3 is 0 Å². The van der Waals surface area contributed by atoms with E-state index in [4.69, 9.17) is 0 Å². The summed E-state index contributed by atoms with van der Waals surface area (Å²) in [5, 5.41) is 13.9. The summed E-state index contributed by atoms with van der Waals surface area (Å²) < 4.78 is 14.5. The molecule has 0 bridgehead atoms. The second kappa shape index (κ2) is 5.88. The van der Waals surface area contributed by atoms with Crippen LogP contribution in [-0.4, -0.2) is 44.9 Å². The molecule has 1 saturated heterocycles. The molecule has 1 aliphatic heterocycles. The van der Waals surface area contributed by atoms with Gasteiger partial charge in [0.25, 0.3) is 5.91 Å². The fourth-order valence-electron chi connectivity index (χ4n) is 2.70. The van der Waals surface area contributed by atoms with Crippen LogP contribution in [-0.2, 0) is 0 Å². The lowest BCUT2D eigenvalue weighted by Gasteiger charge is -2.16. The van der Waals surface area contributed by atoms with Gasteiger partial charge in [-0.15, -0.1) is 0 Å². The molecule has 1 aromatic heterocycles. The Morgan fingerprint density at radius 2 is 2.09 bits per heavy atom. The minimum atomic E-state index is -0.408. The van der Waals surface area contributed by atoms with Crippen molar-refractivity contribution in [1.29, 1.82) is 0 Å². The first kappa shape index (κ1) is 14.7. The Hall–Kier alpha value is -2.21. The maximum atomic E-state index is 12.9. The molecule has 1 aliphatic rings. The summed E-state index contributed by atoms with van der Waals surface area (Å²) in [7, 11) is 0. The smallest absolute Gasteiger partial charge is 0.274 e. The maximum absolute atomic E-state index is 12.9. The Labute approximate surface area is 128 Å². The molecule has 1 aromatic carbocycles. The van der Waals surface area contributed by atoms with Crippen LogP contribution >= 0.6 is 0 Å². The van der Waals surface area contributed by atoms with Crippen molar-refractivity contribution in [1.82, 2.24) is 14.7 Å². The Morgan fingerprint density at radius 3 is 2.73 bits per heavy atom. The van der Waals surface area contributed by atoms with E-state index in [1.807, 2.05) is 0 Å². The zero-order chi connectivity index (χ0) is 15.7. The lowest BCUT2D eigenvalue weighted by molar-refractivity contribution is 0.0756. The quantitative estimate of drug-likeness (QED) is 0.941. The van der Waals surface area contributed by atoms with Gasteiger partial charge in [0.1, 0.15) is 5.82 Å². The number of halogens is 1. The van der Waals surface area contributed by atoms with Crippen LogP contribution in [0.15, 0.2) is 36.5 Å². The van der Waals surface area contributed by atoms with E-state index < -0.39 is 6.10 Å². The van der Waals surface area contributed by atoms with Crippen LogP contribution in [0.3, 0.4) is 0 Å². The van der Waals surface area contributed by atoms with Crippen molar-refractivity contribution >= 4 is 5.91 Å². The lowest BCUT2D eigenvalue weighted by Crippen LogP contribution is -2.30. The Balaban J connectivity index is 1.74. The van der Waals surface area contributed by atoms with Crippen molar-refractivity contribution < 1.29 is 14.3 Å². The molecule has 116 valence electrons. The molecule has 3 rings (SSSR count). The SMILES string of the molecule is CC(O)C1CCN(C(=O)c2ccn(-c3ccc(F)cc3)n2)C1. The molecule has 2 atom stereocenters. The first-order valence-corrected chi connectivity index (χ1v) is 7.33. The summed E-state index contributed by atoms with van der Waals surface area (Å²) in [6.07, 6.45) is 2.08. The van der Waals surface area contributed by atoms with Crippen LogP contribution < -0.4 is 0 Å². The molecular formula is C16H18FN3O2. The monoisotopic (exact) mass is 303 g/mol. The van der Waals surface area contributed by atoms with Crippen molar-refractivity contribution in [2.75, 3.05) is 13.1 Å². The fourth-order valence-corrected chi connectivity index (χ4v) is 2.70. The van der Waals surface area contributed by atoms with Crippen LogP contribution in [0.5, 0.6) is 0 Å².